The number of carbonyl (C=O) groups excluding carboxylic acids is 1. The number of benzene rings is 1. The van der Waals surface area contributed by atoms with E-state index in [0.717, 1.165) is 30.0 Å². The quantitative estimate of drug-likeness (QED) is 0.618. The van der Waals surface area contributed by atoms with Crippen molar-refractivity contribution in [3.63, 3.8) is 0 Å². The molecule has 1 fully saturated rings. The fourth-order valence-corrected chi connectivity index (χ4v) is 3.49. The smallest absolute Gasteiger partial charge is 0.229 e. The first kappa shape index (κ1) is 20.3. The molecule has 0 N–H and O–H groups in total. The summed E-state index contributed by atoms with van der Waals surface area (Å²) < 4.78 is 5.27. The number of carbonyl (C=O) groups is 1. The Morgan fingerprint density at radius 2 is 1.83 bits per heavy atom. The van der Waals surface area contributed by atoms with Crippen LogP contribution in [-0.2, 0) is 11.2 Å². The molecular formula is C22H24ClN5O2. The molecule has 1 amide bonds. The van der Waals surface area contributed by atoms with Gasteiger partial charge in [-0.3, -0.25) is 4.79 Å². The third-order valence-corrected chi connectivity index (χ3v) is 5.42. The molecule has 1 saturated heterocycles. The van der Waals surface area contributed by atoms with Gasteiger partial charge in [-0.2, -0.15) is 4.98 Å². The number of hydrogen-bond acceptors (Lipinski definition) is 6. The van der Waals surface area contributed by atoms with Gasteiger partial charge in [-0.1, -0.05) is 42.7 Å². The second kappa shape index (κ2) is 8.83. The van der Waals surface area contributed by atoms with Crippen molar-refractivity contribution in [1.29, 1.82) is 0 Å². The van der Waals surface area contributed by atoms with Crippen LogP contribution in [0.2, 0.25) is 5.02 Å². The van der Waals surface area contributed by atoms with Crippen molar-refractivity contribution in [1.82, 2.24) is 20.0 Å². The van der Waals surface area contributed by atoms with Gasteiger partial charge in [-0.15, -0.1) is 0 Å². The summed E-state index contributed by atoms with van der Waals surface area (Å²) in [6.45, 7) is 6.88. The van der Waals surface area contributed by atoms with Gasteiger partial charge >= 0.3 is 0 Å². The van der Waals surface area contributed by atoms with E-state index in [4.69, 9.17) is 16.1 Å². The molecule has 0 spiro atoms. The summed E-state index contributed by atoms with van der Waals surface area (Å²) in [4.78, 5) is 25.7. The highest BCUT2D eigenvalue weighted by Crippen LogP contribution is 2.22. The van der Waals surface area contributed by atoms with Crippen LogP contribution < -0.4 is 4.90 Å². The van der Waals surface area contributed by atoms with Crippen molar-refractivity contribution < 1.29 is 9.32 Å². The number of nitrogens with zero attached hydrogens (tertiary/aromatic N) is 5. The first-order chi connectivity index (χ1) is 14.5. The number of piperazine rings is 1. The maximum absolute atomic E-state index is 12.6. The molecule has 0 atom stereocenters. The van der Waals surface area contributed by atoms with Gasteiger partial charge in [0.1, 0.15) is 5.82 Å². The summed E-state index contributed by atoms with van der Waals surface area (Å²) in [7, 11) is 0. The van der Waals surface area contributed by atoms with Crippen LogP contribution in [0.25, 0.3) is 11.4 Å². The van der Waals surface area contributed by atoms with E-state index in [2.05, 4.69) is 20.0 Å². The molecule has 1 aromatic carbocycles. The van der Waals surface area contributed by atoms with E-state index in [-0.39, 0.29) is 11.8 Å². The molecule has 0 bridgehead atoms. The van der Waals surface area contributed by atoms with Crippen LogP contribution in [0, 0.1) is 0 Å². The highest BCUT2D eigenvalue weighted by Gasteiger charge is 2.22. The molecule has 1 aliphatic rings. The van der Waals surface area contributed by atoms with Crippen LogP contribution >= 0.6 is 11.6 Å². The van der Waals surface area contributed by atoms with Gasteiger partial charge in [0, 0.05) is 48.9 Å². The third kappa shape index (κ3) is 4.62. The van der Waals surface area contributed by atoms with E-state index in [9.17, 15) is 4.79 Å². The van der Waals surface area contributed by atoms with E-state index in [1.54, 1.807) is 6.20 Å². The van der Waals surface area contributed by atoms with E-state index in [1.807, 2.05) is 55.1 Å². The van der Waals surface area contributed by atoms with Crippen LogP contribution in [0.15, 0.2) is 47.1 Å². The largest absolute Gasteiger partial charge is 0.353 e. The summed E-state index contributed by atoms with van der Waals surface area (Å²) >= 11 is 5.91. The van der Waals surface area contributed by atoms with Gasteiger partial charge < -0.3 is 14.3 Å². The summed E-state index contributed by atoms with van der Waals surface area (Å²) in [6.07, 6.45) is 2.16. The minimum Gasteiger partial charge on any atom is -0.353 e. The number of halogens is 1. The Balaban J connectivity index is 1.33. The molecular weight excluding hydrogens is 402 g/mol. The normalized spacial score (nSPS) is 14.4. The van der Waals surface area contributed by atoms with Crippen molar-refractivity contribution >= 4 is 23.3 Å². The number of rotatable bonds is 5. The summed E-state index contributed by atoms with van der Waals surface area (Å²) in [5.74, 6) is 2.38. The first-order valence-electron chi connectivity index (χ1n) is 10.1. The molecule has 3 heterocycles. The maximum atomic E-state index is 12.6. The predicted octanol–water partition coefficient (Wildman–Crippen LogP) is 3.80. The van der Waals surface area contributed by atoms with Gasteiger partial charge in [0.2, 0.25) is 17.6 Å². The van der Waals surface area contributed by atoms with Gasteiger partial charge in [0.05, 0.1) is 6.42 Å². The Labute approximate surface area is 180 Å². The van der Waals surface area contributed by atoms with Crippen molar-refractivity contribution in [3.05, 3.63) is 59.1 Å². The minimum absolute atomic E-state index is 0.137. The van der Waals surface area contributed by atoms with Gasteiger partial charge in [-0.25, -0.2) is 4.98 Å². The zero-order valence-corrected chi connectivity index (χ0v) is 17.8. The van der Waals surface area contributed by atoms with Crippen molar-refractivity contribution in [2.45, 2.75) is 26.2 Å². The lowest BCUT2D eigenvalue weighted by Gasteiger charge is -2.35. The Morgan fingerprint density at radius 1 is 1.10 bits per heavy atom. The molecule has 0 saturated carbocycles. The van der Waals surface area contributed by atoms with Crippen molar-refractivity contribution in [3.8, 4) is 11.4 Å². The predicted molar refractivity (Wildman–Crippen MR) is 116 cm³/mol. The zero-order valence-electron chi connectivity index (χ0n) is 17.1. The van der Waals surface area contributed by atoms with Crippen molar-refractivity contribution in [2.75, 3.05) is 31.1 Å². The molecule has 7 nitrogen and oxygen atoms in total. The molecule has 4 rings (SSSR count). The fraction of sp³-hybridized carbons (Fsp3) is 0.364. The Morgan fingerprint density at radius 3 is 2.43 bits per heavy atom. The van der Waals surface area contributed by atoms with E-state index in [1.165, 1.54) is 0 Å². The molecule has 156 valence electrons. The SMILES string of the molecule is CC(C)c1nc(-c2ccc(N3CCN(C(=O)Cc4ccc(Cl)cc4)CC3)nc2)no1. The Kier molecular flexibility index (Phi) is 5.99. The lowest BCUT2D eigenvalue weighted by molar-refractivity contribution is -0.130. The van der Waals surface area contributed by atoms with Crippen LogP contribution in [-0.4, -0.2) is 52.1 Å². The number of aromatic nitrogens is 3. The van der Waals surface area contributed by atoms with Gasteiger partial charge in [-0.05, 0) is 29.8 Å². The Bertz CT molecular complexity index is 993. The monoisotopic (exact) mass is 425 g/mol. The summed E-state index contributed by atoms with van der Waals surface area (Å²) in [5, 5.41) is 4.71. The van der Waals surface area contributed by atoms with Crippen LogP contribution in [0.3, 0.4) is 0 Å². The fourth-order valence-electron chi connectivity index (χ4n) is 3.37. The average molecular weight is 426 g/mol. The number of amides is 1. The molecule has 8 heteroatoms. The highest BCUT2D eigenvalue weighted by atomic mass is 35.5. The van der Waals surface area contributed by atoms with Crippen LogP contribution in [0.4, 0.5) is 5.82 Å². The molecule has 3 aromatic rings. The van der Waals surface area contributed by atoms with E-state index < -0.39 is 0 Å². The van der Waals surface area contributed by atoms with Crippen LogP contribution in [0.5, 0.6) is 0 Å². The molecule has 0 unspecified atom stereocenters. The number of pyridine rings is 1. The second-order valence-electron chi connectivity index (χ2n) is 7.69. The summed E-state index contributed by atoms with van der Waals surface area (Å²) in [5.41, 5.74) is 1.80. The molecule has 0 aliphatic carbocycles. The third-order valence-electron chi connectivity index (χ3n) is 5.17. The molecule has 30 heavy (non-hydrogen) atoms. The standard InChI is InChI=1S/C22H24ClN5O2/c1-15(2)22-25-21(26-30-22)17-5-8-19(24-14-17)27-9-11-28(12-10-27)20(29)13-16-3-6-18(23)7-4-16/h3-8,14-15H,9-13H2,1-2H3. The maximum Gasteiger partial charge on any atom is 0.229 e. The van der Waals surface area contributed by atoms with Gasteiger partial charge in [0.15, 0.2) is 0 Å². The molecule has 2 aromatic heterocycles. The summed E-state index contributed by atoms with van der Waals surface area (Å²) in [6, 6.07) is 11.3. The topological polar surface area (TPSA) is 75.4 Å². The van der Waals surface area contributed by atoms with E-state index in [0.29, 0.717) is 36.2 Å². The lowest BCUT2D eigenvalue weighted by atomic mass is 10.1. The lowest BCUT2D eigenvalue weighted by Crippen LogP contribution is -2.49. The zero-order chi connectivity index (χ0) is 21.1. The highest BCUT2D eigenvalue weighted by molar-refractivity contribution is 6.30. The minimum atomic E-state index is 0.137. The molecule has 1 aliphatic heterocycles. The first-order valence-corrected chi connectivity index (χ1v) is 10.4. The molecule has 0 radical (unpaired) electrons. The van der Waals surface area contributed by atoms with Crippen LogP contribution in [0.1, 0.15) is 31.2 Å². The Hall–Kier alpha value is -2.93. The number of anilines is 1. The second-order valence-corrected chi connectivity index (χ2v) is 8.12. The van der Waals surface area contributed by atoms with Crippen molar-refractivity contribution in [2.24, 2.45) is 0 Å². The van der Waals surface area contributed by atoms with Gasteiger partial charge in [0.25, 0.3) is 0 Å². The number of hydrogen-bond donors (Lipinski definition) is 0. The average Bonchev–Trinajstić information content (AvgIpc) is 3.26. The van der Waals surface area contributed by atoms with E-state index >= 15 is 0 Å².